The molecule has 6 nitrogen and oxygen atoms in total. The summed E-state index contributed by atoms with van der Waals surface area (Å²) in [4.78, 5) is 16.1. The van der Waals surface area contributed by atoms with Gasteiger partial charge in [0, 0.05) is 35.6 Å². The van der Waals surface area contributed by atoms with Crippen LogP contribution in [0.1, 0.15) is 29.2 Å². The Balaban J connectivity index is 2.17. The summed E-state index contributed by atoms with van der Waals surface area (Å²) in [7, 11) is 0. The van der Waals surface area contributed by atoms with Crippen molar-refractivity contribution in [2.24, 2.45) is 0 Å². The zero-order valence-corrected chi connectivity index (χ0v) is 17.5. The standard InChI is InChI=1S/C22H16F6N4O2/c1-2-34-20(33)13(9-29)7-14-11-32(19-18(14)17(30)3-4-31-19)10-12-5-15(21(23,24)25)8-16(6-12)22(26,27)28/h3-8,11H,2,10H2,1H3,(H2,30,31)/b13-7+. The number of fused-ring (bicyclic) bond motifs is 1. The molecule has 0 saturated heterocycles. The van der Waals surface area contributed by atoms with E-state index in [0.29, 0.717) is 12.1 Å². The minimum absolute atomic E-state index is 0.0143. The van der Waals surface area contributed by atoms with Gasteiger partial charge in [0.05, 0.1) is 17.7 Å². The van der Waals surface area contributed by atoms with Crippen molar-refractivity contribution in [3.63, 3.8) is 0 Å². The van der Waals surface area contributed by atoms with E-state index in [-0.39, 0.29) is 46.1 Å². The van der Waals surface area contributed by atoms with E-state index < -0.39 is 36.0 Å². The van der Waals surface area contributed by atoms with Gasteiger partial charge in [-0.1, -0.05) is 0 Å². The normalized spacial score (nSPS) is 12.6. The van der Waals surface area contributed by atoms with Gasteiger partial charge in [0.1, 0.15) is 17.3 Å². The van der Waals surface area contributed by atoms with E-state index in [1.165, 1.54) is 29.1 Å². The molecular weight excluding hydrogens is 466 g/mol. The summed E-state index contributed by atoms with van der Waals surface area (Å²) in [5.41, 5.74) is 2.97. The second kappa shape index (κ2) is 9.09. The highest BCUT2D eigenvalue weighted by atomic mass is 19.4. The number of pyridine rings is 1. The average molecular weight is 482 g/mol. The smallest absolute Gasteiger partial charge is 0.416 e. The Morgan fingerprint density at radius 2 is 1.79 bits per heavy atom. The molecule has 3 aromatic rings. The number of halogens is 6. The number of nitrogen functional groups attached to an aromatic ring is 1. The van der Waals surface area contributed by atoms with Crippen LogP contribution in [0.5, 0.6) is 0 Å². The van der Waals surface area contributed by atoms with Crippen molar-refractivity contribution < 1.29 is 35.9 Å². The number of hydrogen-bond acceptors (Lipinski definition) is 5. The number of hydrogen-bond donors (Lipinski definition) is 1. The molecule has 0 fully saturated rings. The molecule has 0 unspecified atom stereocenters. The zero-order chi connectivity index (χ0) is 25.3. The molecule has 12 heteroatoms. The van der Waals surface area contributed by atoms with E-state index in [0.717, 1.165) is 0 Å². The van der Waals surface area contributed by atoms with Crippen LogP contribution in [0, 0.1) is 11.3 Å². The summed E-state index contributed by atoms with van der Waals surface area (Å²) in [5, 5.41) is 9.56. The maximum absolute atomic E-state index is 13.2. The van der Waals surface area contributed by atoms with E-state index in [2.05, 4.69) is 4.98 Å². The second-order valence-corrected chi connectivity index (χ2v) is 7.12. The molecule has 2 N–H and O–H groups in total. The number of rotatable bonds is 5. The highest BCUT2D eigenvalue weighted by molar-refractivity contribution is 6.03. The Morgan fingerprint density at radius 1 is 1.18 bits per heavy atom. The molecule has 3 rings (SSSR count). The first-order valence-corrected chi connectivity index (χ1v) is 9.65. The van der Waals surface area contributed by atoms with Gasteiger partial charge in [0.2, 0.25) is 0 Å². The number of ether oxygens (including phenoxy) is 1. The molecule has 0 radical (unpaired) electrons. The molecule has 0 amide bonds. The van der Waals surface area contributed by atoms with Gasteiger partial charge < -0.3 is 15.0 Å². The molecule has 0 spiro atoms. The summed E-state index contributed by atoms with van der Waals surface area (Å²) in [6.07, 6.45) is -6.18. The zero-order valence-electron chi connectivity index (χ0n) is 17.5. The predicted molar refractivity (Wildman–Crippen MR) is 110 cm³/mol. The van der Waals surface area contributed by atoms with Crippen molar-refractivity contribution in [2.75, 3.05) is 12.3 Å². The summed E-state index contributed by atoms with van der Waals surface area (Å²) in [6, 6.07) is 4.38. The SMILES string of the molecule is CCOC(=O)/C(C#N)=C/c1cn(Cc2cc(C(F)(F)F)cc(C(F)(F)F)c2)c2nccc(N)c12. The van der Waals surface area contributed by atoms with Gasteiger partial charge in [-0.2, -0.15) is 31.6 Å². The molecule has 0 aliphatic rings. The summed E-state index contributed by atoms with van der Waals surface area (Å²) < 4.78 is 85.4. The van der Waals surface area contributed by atoms with Crippen LogP contribution < -0.4 is 5.73 Å². The molecule has 0 bridgehead atoms. The summed E-state index contributed by atoms with van der Waals surface area (Å²) in [6.45, 7) is 1.14. The fourth-order valence-corrected chi connectivity index (χ4v) is 3.31. The van der Waals surface area contributed by atoms with Crippen LogP contribution in [0.15, 0.2) is 42.2 Å². The molecule has 1 aromatic carbocycles. The second-order valence-electron chi connectivity index (χ2n) is 7.12. The van der Waals surface area contributed by atoms with Gasteiger partial charge in [-0.3, -0.25) is 0 Å². The Labute approximate surface area is 188 Å². The Kier molecular flexibility index (Phi) is 6.58. The van der Waals surface area contributed by atoms with Crippen LogP contribution in [0.25, 0.3) is 17.1 Å². The van der Waals surface area contributed by atoms with Crippen molar-refractivity contribution in [1.29, 1.82) is 5.26 Å². The lowest BCUT2D eigenvalue weighted by molar-refractivity contribution is -0.143. The van der Waals surface area contributed by atoms with E-state index >= 15 is 0 Å². The third-order valence-corrected chi connectivity index (χ3v) is 4.73. The number of nitriles is 1. The van der Waals surface area contributed by atoms with Crippen LogP contribution in [-0.2, 0) is 28.4 Å². The van der Waals surface area contributed by atoms with Crippen molar-refractivity contribution in [1.82, 2.24) is 9.55 Å². The fourth-order valence-electron chi connectivity index (χ4n) is 3.31. The van der Waals surface area contributed by atoms with E-state index in [9.17, 15) is 36.4 Å². The van der Waals surface area contributed by atoms with E-state index in [1.54, 1.807) is 13.0 Å². The van der Waals surface area contributed by atoms with Gasteiger partial charge in [0.15, 0.2) is 0 Å². The third-order valence-electron chi connectivity index (χ3n) is 4.73. The number of carbonyl (C=O) groups is 1. The van der Waals surface area contributed by atoms with Crippen molar-refractivity contribution in [3.8, 4) is 6.07 Å². The molecule has 2 aromatic heterocycles. The van der Waals surface area contributed by atoms with Crippen molar-refractivity contribution >= 4 is 28.8 Å². The van der Waals surface area contributed by atoms with Crippen molar-refractivity contribution in [3.05, 3.63) is 64.5 Å². The fraction of sp³-hybridized carbons (Fsp3) is 0.227. The molecule has 0 aliphatic heterocycles. The van der Waals surface area contributed by atoms with Crippen LogP contribution in [-0.4, -0.2) is 22.1 Å². The van der Waals surface area contributed by atoms with Crippen LogP contribution in [0.2, 0.25) is 0 Å². The quantitative estimate of drug-likeness (QED) is 0.234. The molecule has 0 aliphatic carbocycles. The minimum Gasteiger partial charge on any atom is -0.462 e. The van der Waals surface area contributed by atoms with Gasteiger partial charge in [-0.15, -0.1) is 0 Å². The Bertz CT molecular complexity index is 1280. The number of carbonyl (C=O) groups excluding carboxylic acids is 1. The Hall–Kier alpha value is -4.01. The number of nitrogens with two attached hydrogens (primary N) is 1. The molecular formula is C22H16F6N4O2. The maximum Gasteiger partial charge on any atom is 0.416 e. The first kappa shape index (κ1) is 24.6. The Morgan fingerprint density at radius 3 is 2.32 bits per heavy atom. The third kappa shape index (κ3) is 5.14. The minimum atomic E-state index is -4.99. The average Bonchev–Trinajstić information content (AvgIpc) is 3.09. The number of aromatic nitrogens is 2. The molecule has 0 saturated carbocycles. The van der Waals surface area contributed by atoms with E-state index in [4.69, 9.17) is 10.5 Å². The lowest BCUT2D eigenvalue weighted by Gasteiger charge is -2.15. The summed E-state index contributed by atoms with van der Waals surface area (Å²) >= 11 is 0. The number of benzene rings is 1. The molecule has 0 atom stereocenters. The molecule has 34 heavy (non-hydrogen) atoms. The van der Waals surface area contributed by atoms with Crippen LogP contribution >= 0.6 is 0 Å². The van der Waals surface area contributed by atoms with Gasteiger partial charge in [-0.25, -0.2) is 9.78 Å². The van der Waals surface area contributed by atoms with Crippen molar-refractivity contribution in [2.45, 2.75) is 25.8 Å². The molecule has 178 valence electrons. The van der Waals surface area contributed by atoms with Crippen LogP contribution in [0.3, 0.4) is 0 Å². The van der Waals surface area contributed by atoms with Gasteiger partial charge in [0.25, 0.3) is 0 Å². The number of anilines is 1. The molecule has 2 heterocycles. The lowest BCUT2D eigenvalue weighted by Crippen LogP contribution is -2.12. The largest absolute Gasteiger partial charge is 0.462 e. The van der Waals surface area contributed by atoms with Gasteiger partial charge >= 0.3 is 18.3 Å². The number of esters is 1. The number of alkyl halides is 6. The topological polar surface area (TPSA) is 93.9 Å². The highest BCUT2D eigenvalue weighted by Crippen LogP contribution is 2.37. The first-order valence-electron chi connectivity index (χ1n) is 9.65. The van der Waals surface area contributed by atoms with E-state index in [1.807, 2.05) is 0 Å². The first-order chi connectivity index (χ1) is 15.8. The number of nitrogens with zero attached hydrogens (tertiary/aromatic N) is 3. The maximum atomic E-state index is 13.2. The van der Waals surface area contributed by atoms with Gasteiger partial charge in [-0.05, 0) is 42.8 Å². The lowest BCUT2D eigenvalue weighted by atomic mass is 10.0. The summed E-state index contributed by atoms with van der Waals surface area (Å²) in [5.74, 6) is -0.902. The monoisotopic (exact) mass is 482 g/mol. The predicted octanol–water partition coefficient (Wildman–Crippen LogP) is 5.17. The van der Waals surface area contributed by atoms with Crippen LogP contribution in [0.4, 0.5) is 32.0 Å². The highest BCUT2D eigenvalue weighted by Gasteiger charge is 2.37.